The van der Waals surface area contributed by atoms with Crippen LogP contribution < -0.4 is 0 Å². The third-order valence-electron chi connectivity index (χ3n) is 5.05. The van der Waals surface area contributed by atoms with Crippen LogP contribution in [0.2, 0.25) is 0 Å². The quantitative estimate of drug-likeness (QED) is 0.348. The molecular weight excluding hydrogens is 320 g/mol. The summed E-state index contributed by atoms with van der Waals surface area (Å²) in [4.78, 5) is 22.6. The maximum Gasteiger partial charge on any atom is 0.303 e. The molecule has 0 amide bonds. The second-order valence-corrected chi connectivity index (χ2v) is 7.22. The molecule has 0 aromatic carbocycles. The number of carboxylic acids is 1. The Bertz CT molecular complexity index is 432. The van der Waals surface area contributed by atoms with Crippen LogP contribution in [0.5, 0.6) is 0 Å². The minimum Gasteiger partial charge on any atom is -0.481 e. The lowest BCUT2D eigenvalue weighted by molar-refractivity contribution is -0.137. The predicted octanol–water partition coefficient (Wildman–Crippen LogP) is 3.48. The van der Waals surface area contributed by atoms with Gasteiger partial charge in [0.2, 0.25) is 0 Å². The molecule has 0 aromatic rings. The van der Waals surface area contributed by atoms with Crippen molar-refractivity contribution in [2.75, 3.05) is 0 Å². The first kappa shape index (κ1) is 21.8. The summed E-state index contributed by atoms with van der Waals surface area (Å²) in [5, 5.41) is 28.7. The monoisotopic (exact) mass is 354 g/mol. The SMILES string of the molecule is CCCCC[C@H](O)C=C[C@H]1[C@H](O)CC(=O)[C@@H]1CCCCCCC(=O)O. The summed E-state index contributed by atoms with van der Waals surface area (Å²) in [6.07, 6.45) is 10.7. The van der Waals surface area contributed by atoms with Gasteiger partial charge in [-0.3, -0.25) is 9.59 Å². The molecule has 5 nitrogen and oxygen atoms in total. The fourth-order valence-electron chi connectivity index (χ4n) is 3.54. The molecule has 0 aromatic heterocycles. The van der Waals surface area contributed by atoms with E-state index in [2.05, 4.69) is 6.92 Å². The van der Waals surface area contributed by atoms with Gasteiger partial charge in [0.15, 0.2) is 0 Å². The Morgan fingerprint density at radius 1 is 1.20 bits per heavy atom. The van der Waals surface area contributed by atoms with Crippen LogP contribution in [0.3, 0.4) is 0 Å². The highest BCUT2D eigenvalue weighted by atomic mass is 16.4. The van der Waals surface area contributed by atoms with Gasteiger partial charge in [0.05, 0.1) is 12.2 Å². The van der Waals surface area contributed by atoms with Crippen molar-refractivity contribution in [3.63, 3.8) is 0 Å². The minimum atomic E-state index is -0.767. The van der Waals surface area contributed by atoms with Gasteiger partial charge in [0.25, 0.3) is 0 Å². The van der Waals surface area contributed by atoms with Crippen LogP contribution in [0.15, 0.2) is 12.2 Å². The largest absolute Gasteiger partial charge is 0.481 e. The highest BCUT2D eigenvalue weighted by Gasteiger charge is 2.39. The highest BCUT2D eigenvalue weighted by molar-refractivity contribution is 5.84. The maximum absolute atomic E-state index is 12.1. The number of rotatable bonds is 13. The topological polar surface area (TPSA) is 94.8 Å². The number of hydrogen-bond donors (Lipinski definition) is 3. The number of unbranched alkanes of at least 4 members (excludes halogenated alkanes) is 5. The molecule has 0 saturated heterocycles. The number of hydrogen-bond acceptors (Lipinski definition) is 4. The summed E-state index contributed by atoms with van der Waals surface area (Å²) in [6.45, 7) is 2.12. The van der Waals surface area contributed by atoms with E-state index in [0.29, 0.717) is 6.42 Å². The van der Waals surface area contributed by atoms with E-state index in [9.17, 15) is 19.8 Å². The average Bonchev–Trinajstić information content (AvgIpc) is 2.82. The van der Waals surface area contributed by atoms with E-state index < -0.39 is 18.2 Å². The third-order valence-corrected chi connectivity index (χ3v) is 5.05. The van der Waals surface area contributed by atoms with Gasteiger partial charge in [-0.25, -0.2) is 0 Å². The molecule has 5 heteroatoms. The van der Waals surface area contributed by atoms with Crippen molar-refractivity contribution in [1.82, 2.24) is 0 Å². The molecular formula is C20H34O5. The number of aliphatic carboxylic acids is 1. The van der Waals surface area contributed by atoms with Gasteiger partial charge in [-0.05, 0) is 19.3 Å². The highest BCUT2D eigenvalue weighted by Crippen LogP contribution is 2.34. The Kier molecular flexibility index (Phi) is 10.7. The van der Waals surface area contributed by atoms with Crippen LogP contribution in [0.4, 0.5) is 0 Å². The molecule has 25 heavy (non-hydrogen) atoms. The molecule has 0 heterocycles. The lowest BCUT2D eigenvalue weighted by atomic mass is 9.88. The molecule has 144 valence electrons. The molecule has 0 bridgehead atoms. The van der Waals surface area contributed by atoms with Crippen LogP contribution in [-0.2, 0) is 9.59 Å². The number of carbonyl (C=O) groups is 2. The Hall–Kier alpha value is -1.20. The van der Waals surface area contributed by atoms with E-state index in [4.69, 9.17) is 5.11 Å². The molecule has 4 atom stereocenters. The number of Topliss-reactive ketones (excluding diaryl/α,β-unsaturated/α-hetero) is 1. The number of carbonyl (C=O) groups excluding carboxylic acids is 1. The van der Waals surface area contributed by atoms with Crippen LogP contribution in [0, 0.1) is 11.8 Å². The molecule has 0 unspecified atom stereocenters. The van der Waals surface area contributed by atoms with Crippen molar-refractivity contribution in [3.8, 4) is 0 Å². The molecule has 1 saturated carbocycles. The Labute approximate surface area is 151 Å². The third kappa shape index (κ3) is 8.63. The van der Waals surface area contributed by atoms with E-state index >= 15 is 0 Å². The molecule has 1 aliphatic rings. The second kappa shape index (κ2) is 12.2. The molecule has 1 rings (SSSR count). The molecule has 0 spiro atoms. The van der Waals surface area contributed by atoms with Crippen molar-refractivity contribution in [2.24, 2.45) is 11.8 Å². The van der Waals surface area contributed by atoms with Gasteiger partial charge in [-0.2, -0.15) is 0 Å². The predicted molar refractivity (Wildman–Crippen MR) is 97.2 cm³/mol. The summed E-state index contributed by atoms with van der Waals surface area (Å²) >= 11 is 0. The number of carboxylic acid groups (broad SMARTS) is 1. The fraction of sp³-hybridized carbons (Fsp3) is 0.800. The van der Waals surface area contributed by atoms with E-state index in [1.165, 1.54) is 0 Å². The van der Waals surface area contributed by atoms with Crippen LogP contribution in [-0.4, -0.2) is 39.3 Å². The number of aliphatic hydroxyl groups excluding tert-OH is 2. The Balaban J connectivity index is 2.39. The van der Waals surface area contributed by atoms with Gasteiger partial charge in [0, 0.05) is 24.7 Å². The van der Waals surface area contributed by atoms with Crippen LogP contribution in [0.1, 0.15) is 77.6 Å². The lowest BCUT2D eigenvalue weighted by Crippen LogP contribution is -2.19. The van der Waals surface area contributed by atoms with Gasteiger partial charge in [-0.1, -0.05) is 57.6 Å². The zero-order valence-corrected chi connectivity index (χ0v) is 15.4. The second-order valence-electron chi connectivity index (χ2n) is 7.22. The van der Waals surface area contributed by atoms with Crippen LogP contribution >= 0.6 is 0 Å². The first-order valence-electron chi connectivity index (χ1n) is 9.74. The minimum absolute atomic E-state index is 0.105. The molecule has 1 fully saturated rings. The first-order valence-corrected chi connectivity index (χ1v) is 9.74. The van der Waals surface area contributed by atoms with Crippen molar-refractivity contribution >= 4 is 11.8 Å². The average molecular weight is 354 g/mol. The van der Waals surface area contributed by atoms with Crippen molar-refractivity contribution in [2.45, 2.75) is 89.8 Å². The van der Waals surface area contributed by atoms with E-state index in [1.54, 1.807) is 6.08 Å². The number of aliphatic hydroxyl groups is 2. The summed E-state index contributed by atoms with van der Waals surface area (Å²) in [5.74, 6) is -1.04. The summed E-state index contributed by atoms with van der Waals surface area (Å²) < 4.78 is 0. The fourth-order valence-corrected chi connectivity index (χ4v) is 3.54. The molecule has 0 aliphatic heterocycles. The summed E-state index contributed by atoms with van der Waals surface area (Å²) in [5.41, 5.74) is 0. The van der Waals surface area contributed by atoms with E-state index in [-0.39, 0.29) is 30.5 Å². The van der Waals surface area contributed by atoms with Gasteiger partial charge in [0.1, 0.15) is 5.78 Å². The molecule has 1 aliphatic carbocycles. The zero-order chi connectivity index (χ0) is 18.7. The number of ketones is 1. The Morgan fingerprint density at radius 3 is 2.60 bits per heavy atom. The lowest BCUT2D eigenvalue weighted by Gasteiger charge is -2.18. The normalized spacial score (nSPS) is 24.9. The van der Waals surface area contributed by atoms with Gasteiger partial charge >= 0.3 is 5.97 Å². The Morgan fingerprint density at radius 2 is 1.92 bits per heavy atom. The summed E-state index contributed by atoms with van der Waals surface area (Å²) in [6, 6.07) is 0. The smallest absolute Gasteiger partial charge is 0.303 e. The van der Waals surface area contributed by atoms with Gasteiger partial charge in [-0.15, -0.1) is 0 Å². The molecule has 0 radical (unpaired) electrons. The van der Waals surface area contributed by atoms with Crippen molar-refractivity contribution in [1.29, 1.82) is 0 Å². The zero-order valence-electron chi connectivity index (χ0n) is 15.4. The standard InChI is InChI=1S/C20H34O5/c1-2-3-6-9-15(21)12-13-17-16(18(22)14-19(17)23)10-7-4-5-8-11-20(24)25/h12-13,15-17,19,21,23H,2-11,14H2,1H3,(H,24,25)/t15-,16+,17+,19+/m0/s1. The van der Waals surface area contributed by atoms with Crippen molar-refractivity contribution < 1.29 is 24.9 Å². The maximum atomic E-state index is 12.1. The molecule has 3 N–H and O–H groups in total. The first-order chi connectivity index (χ1) is 12.0. The summed E-state index contributed by atoms with van der Waals surface area (Å²) in [7, 11) is 0. The van der Waals surface area contributed by atoms with E-state index in [0.717, 1.165) is 51.4 Å². The van der Waals surface area contributed by atoms with Crippen LogP contribution in [0.25, 0.3) is 0 Å². The van der Waals surface area contributed by atoms with E-state index in [1.807, 2.05) is 6.08 Å². The van der Waals surface area contributed by atoms with Gasteiger partial charge < -0.3 is 15.3 Å². The van der Waals surface area contributed by atoms with Crippen molar-refractivity contribution in [3.05, 3.63) is 12.2 Å².